The first kappa shape index (κ1) is 10.0. The molecule has 0 spiro atoms. The molecule has 0 radical (unpaired) electrons. The lowest BCUT2D eigenvalue weighted by Gasteiger charge is -2.18. The van der Waals surface area contributed by atoms with Crippen LogP contribution in [0.2, 0.25) is 0 Å². The number of imidazole rings is 1. The monoisotopic (exact) mass is 233 g/mol. The van der Waals surface area contributed by atoms with Crippen molar-refractivity contribution < 1.29 is 0 Å². The minimum Gasteiger partial charge on any atom is -0.399 e. The molecule has 2 N–H and O–H groups in total. The molecule has 16 heavy (non-hydrogen) atoms. The predicted molar refractivity (Wildman–Crippen MR) is 68.9 cm³/mol. The number of pyridine rings is 1. The SMILES string of the molecule is Nc1ccn2cc(C3CCCSC3)nc2c1. The minimum atomic E-state index is 0.625. The molecule has 1 saturated heterocycles. The zero-order chi connectivity index (χ0) is 11.0. The van der Waals surface area contributed by atoms with Crippen molar-refractivity contribution in [3.8, 4) is 0 Å². The Morgan fingerprint density at radius 1 is 1.50 bits per heavy atom. The van der Waals surface area contributed by atoms with Gasteiger partial charge in [0.25, 0.3) is 0 Å². The lowest BCUT2D eigenvalue weighted by molar-refractivity contribution is 0.647. The highest BCUT2D eigenvalue weighted by molar-refractivity contribution is 7.99. The number of hydrogen-bond acceptors (Lipinski definition) is 3. The van der Waals surface area contributed by atoms with Crippen molar-refractivity contribution in [1.29, 1.82) is 0 Å². The molecule has 1 aliphatic rings. The van der Waals surface area contributed by atoms with Crippen molar-refractivity contribution in [3.05, 3.63) is 30.2 Å². The summed E-state index contributed by atoms with van der Waals surface area (Å²) in [6.45, 7) is 0. The standard InChI is InChI=1S/C12H15N3S/c13-10-3-4-15-7-11(14-12(15)6-10)9-2-1-5-16-8-9/h3-4,6-7,9H,1-2,5,8,13H2. The van der Waals surface area contributed by atoms with Gasteiger partial charge >= 0.3 is 0 Å². The van der Waals surface area contributed by atoms with Gasteiger partial charge in [0.1, 0.15) is 5.65 Å². The summed E-state index contributed by atoms with van der Waals surface area (Å²) < 4.78 is 2.06. The van der Waals surface area contributed by atoms with Gasteiger partial charge in [-0.1, -0.05) is 0 Å². The fourth-order valence-corrected chi connectivity index (χ4v) is 3.35. The fraction of sp³-hybridized carbons (Fsp3) is 0.417. The van der Waals surface area contributed by atoms with Crippen LogP contribution in [0.5, 0.6) is 0 Å². The number of nitrogen functional groups attached to an aromatic ring is 1. The Hall–Kier alpha value is -1.16. The molecule has 0 aromatic carbocycles. The number of aromatic nitrogens is 2. The van der Waals surface area contributed by atoms with Crippen molar-refractivity contribution in [2.24, 2.45) is 0 Å². The van der Waals surface area contributed by atoms with Gasteiger partial charge in [-0.3, -0.25) is 0 Å². The molecule has 0 amide bonds. The minimum absolute atomic E-state index is 0.625. The predicted octanol–water partition coefficient (Wildman–Crippen LogP) is 2.53. The highest BCUT2D eigenvalue weighted by atomic mass is 32.2. The summed E-state index contributed by atoms with van der Waals surface area (Å²) in [6.07, 6.45) is 6.71. The first-order valence-corrected chi connectivity index (χ1v) is 6.80. The summed E-state index contributed by atoms with van der Waals surface area (Å²) >= 11 is 2.04. The van der Waals surface area contributed by atoms with Crippen LogP contribution in [-0.4, -0.2) is 20.9 Å². The van der Waals surface area contributed by atoms with E-state index in [1.165, 1.54) is 30.0 Å². The maximum atomic E-state index is 5.75. The summed E-state index contributed by atoms with van der Waals surface area (Å²) in [5, 5.41) is 0. The first-order chi connectivity index (χ1) is 7.83. The molecule has 0 aliphatic carbocycles. The third kappa shape index (κ3) is 1.78. The topological polar surface area (TPSA) is 43.3 Å². The third-order valence-corrected chi connectivity index (χ3v) is 4.30. The van der Waals surface area contributed by atoms with Crippen LogP contribution in [-0.2, 0) is 0 Å². The second-order valence-electron chi connectivity index (χ2n) is 4.31. The summed E-state index contributed by atoms with van der Waals surface area (Å²) in [7, 11) is 0. The van der Waals surface area contributed by atoms with Gasteiger partial charge in [-0.15, -0.1) is 0 Å². The smallest absolute Gasteiger partial charge is 0.139 e. The van der Waals surface area contributed by atoms with Crippen LogP contribution in [0.15, 0.2) is 24.5 Å². The molecule has 1 unspecified atom stereocenters. The van der Waals surface area contributed by atoms with Crippen LogP contribution in [0.25, 0.3) is 5.65 Å². The van der Waals surface area contributed by atoms with Gasteiger partial charge in [-0.05, 0) is 24.7 Å². The van der Waals surface area contributed by atoms with E-state index in [2.05, 4.69) is 15.6 Å². The molecule has 3 rings (SSSR count). The Bertz CT molecular complexity index is 500. The molecule has 2 aromatic heterocycles. The van der Waals surface area contributed by atoms with Crippen molar-refractivity contribution in [1.82, 2.24) is 9.38 Å². The molecule has 1 atom stereocenters. The van der Waals surface area contributed by atoms with Gasteiger partial charge in [0.05, 0.1) is 5.69 Å². The number of fused-ring (bicyclic) bond motifs is 1. The average Bonchev–Trinajstić information content (AvgIpc) is 2.73. The summed E-state index contributed by atoms with van der Waals surface area (Å²) in [5.41, 5.74) is 8.72. The first-order valence-electron chi connectivity index (χ1n) is 5.65. The maximum absolute atomic E-state index is 5.75. The van der Waals surface area contributed by atoms with Crippen LogP contribution in [0.4, 0.5) is 5.69 Å². The molecular formula is C12H15N3S. The van der Waals surface area contributed by atoms with Crippen molar-refractivity contribution in [2.45, 2.75) is 18.8 Å². The lowest BCUT2D eigenvalue weighted by Crippen LogP contribution is -2.08. The second kappa shape index (κ2) is 4.01. The van der Waals surface area contributed by atoms with Gasteiger partial charge in [-0.2, -0.15) is 11.8 Å². The summed E-state index contributed by atoms with van der Waals surface area (Å²) in [6, 6.07) is 3.84. The Morgan fingerprint density at radius 2 is 2.44 bits per heavy atom. The fourth-order valence-electron chi connectivity index (χ4n) is 2.19. The summed E-state index contributed by atoms with van der Waals surface area (Å²) in [4.78, 5) is 4.67. The zero-order valence-electron chi connectivity index (χ0n) is 9.10. The number of hydrogen-bond donors (Lipinski definition) is 1. The maximum Gasteiger partial charge on any atom is 0.139 e. The van der Waals surface area contributed by atoms with Gasteiger partial charge in [0.2, 0.25) is 0 Å². The summed E-state index contributed by atoms with van der Waals surface area (Å²) in [5.74, 6) is 3.13. The Balaban J connectivity index is 1.97. The molecule has 0 saturated carbocycles. The van der Waals surface area contributed by atoms with E-state index in [0.717, 1.165) is 11.3 Å². The molecular weight excluding hydrogens is 218 g/mol. The van der Waals surface area contributed by atoms with Gasteiger partial charge in [-0.25, -0.2) is 4.98 Å². The number of anilines is 1. The molecule has 4 heteroatoms. The van der Waals surface area contributed by atoms with Gasteiger partial charge < -0.3 is 10.1 Å². The van der Waals surface area contributed by atoms with E-state index in [1.807, 2.05) is 30.1 Å². The largest absolute Gasteiger partial charge is 0.399 e. The number of rotatable bonds is 1. The molecule has 2 aromatic rings. The zero-order valence-corrected chi connectivity index (χ0v) is 9.91. The van der Waals surface area contributed by atoms with Crippen LogP contribution >= 0.6 is 11.8 Å². The second-order valence-corrected chi connectivity index (χ2v) is 5.46. The van der Waals surface area contributed by atoms with E-state index in [0.29, 0.717) is 5.92 Å². The molecule has 0 bridgehead atoms. The number of nitrogens with two attached hydrogens (primary N) is 1. The third-order valence-electron chi connectivity index (χ3n) is 3.08. The van der Waals surface area contributed by atoms with Gasteiger partial charge in [0, 0.05) is 35.8 Å². The lowest BCUT2D eigenvalue weighted by atomic mass is 10.0. The van der Waals surface area contributed by atoms with Crippen LogP contribution in [0.1, 0.15) is 24.5 Å². The normalized spacial score (nSPS) is 21.4. The van der Waals surface area contributed by atoms with E-state index in [9.17, 15) is 0 Å². The molecule has 1 aliphatic heterocycles. The van der Waals surface area contributed by atoms with E-state index in [-0.39, 0.29) is 0 Å². The van der Waals surface area contributed by atoms with Crippen LogP contribution < -0.4 is 5.73 Å². The number of thioether (sulfide) groups is 1. The Labute approximate surface area is 99.1 Å². The number of nitrogens with zero attached hydrogens (tertiary/aromatic N) is 2. The Morgan fingerprint density at radius 3 is 3.25 bits per heavy atom. The van der Waals surface area contributed by atoms with E-state index in [1.54, 1.807) is 0 Å². The van der Waals surface area contributed by atoms with E-state index in [4.69, 9.17) is 5.73 Å². The van der Waals surface area contributed by atoms with Crippen molar-refractivity contribution in [2.75, 3.05) is 17.2 Å². The molecule has 3 heterocycles. The quantitative estimate of drug-likeness (QED) is 0.823. The highest BCUT2D eigenvalue weighted by Gasteiger charge is 2.18. The molecule has 1 fully saturated rings. The molecule has 3 nitrogen and oxygen atoms in total. The highest BCUT2D eigenvalue weighted by Crippen LogP contribution is 2.30. The van der Waals surface area contributed by atoms with Crippen molar-refractivity contribution >= 4 is 23.1 Å². The van der Waals surface area contributed by atoms with Crippen LogP contribution in [0, 0.1) is 0 Å². The molecule has 84 valence electrons. The Kier molecular flexibility index (Phi) is 2.52. The average molecular weight is 233 g/mol. The van der Waals surface area contributed by atoms with Crippen molar-refractivity contribution in [3.63, 3.8) is 0 Å². The van der Waals surface area contributed by atoms with E-state index >= 15 is 0 Å². The van der Waals surface area contributed by atoms with E-state index < -0.39 is 0 Å². The van der Waals surface area contributed by atoms with Gasteiger partial charge in [0.15, 0.2) is 0 Å². The van der Waals surface area contributed by atoms with Crippen LogP contribution in [0.3, 0.4) is 0 Å².